The maximum atomic E-state index is 12.0. The van der Waals surface area contributed by atoms with Crippen LogP contribution in [0, 0.1) is 0 Å². The molecule has 2 aliphatic rings. The van der Waals surface area contributed by atoms with Crippen molar-refractivity contribution < 1.29 is 29.1 Å². The molecule has 1 aliphatic heterocycles. The summed E-state index contributed by atoms with van der Waals surface area (Å²) < 4.78 is 11.6. The van der Waals surface area contributed by atoms with Crippen molar-refractivity contribution in [1.82, 2.24) is 15.5 Å². The number of aromatic carboxylic acids is 1. The number of anilines is 1. The highest BCUT2D eigenvalue weighted by Crippen LogP contribution is 2.40. The molecule has 0 spiro atoms. The summed E-state index contributed by atoms with van der Waals surface area (Å²) >= 11 is 2.46. The molecule has 1 aliphatic carbocycles. The van der Waals surface area contributed by atoms with Gasteiger partial charge in [0.05, 0.1) is 5.15 Å². The van der Waals surface area contributed by atoms with Crippen LogP contribution in [0.4, 0.5) is 5.13 Å². The summed E-state index contributed by atoms with van der Waals surface area (Å²) in [5.41, 5.74) is 5.98. The lowest BCUT2D eigenvalue weighted by Gasteiger charge is -2.28. The lowest BCUT2D eigenvalue weighted by Crippen LogP contribution is -2.42. The van der Waals surface area contributed by atoms with Gasteiger partial charge >= 0.3 is 13.1 Å². The average molecular weight is 450 g/mol. The van der Waals surface area contributed by atoms with Crippen LogP contribution < -0.4 is 20.4 Å². The van der Waals surface area contributed by atoms with Gasteiger partial charge in [0.15, 0.2) is 10.9 Å². The third-order valence-electron chi connectivity index (χ3n) is 4.90. The third-order valence-corrected chi connectivity index (χ3v) is 6.97. The van der Waals surface area contributed by atoms with Crippen molar-refractivity contribution >= 4 is 47.2 Å². The number of nitrogen functional groups attached to an aromatic ring is 1. The van der Waals surface area contributed by atoms with E-state index in [0.717, 1.165) is 19.3 Å². The molecule has 0 saturated heterocycles. The number of carbonyl (C=O) groups is 2. The molecule has 0 bridgehead atoms. The average Bonchev–Trinajstić information content (AvgIpc) is 3.07. The summed E-state index contributed by atoms with van der Waals surface area (Å²) in [5.74, 6) is -1.51. The lowest BCUT2D eigenvalue weighted by molar-refractivity contribution is -0.124. The molecule has 4 rings (SSSR count). The molecule has 10 nitrogen and oxygen atoms in total. The number of ether oxygens (including phenoxy) is 1. The Morgan fingerprint density at radius 2 is 2.20 bits per heavy atom. The Hall–Kier alpha value is -2.51. The Labute approximate surface area is 180 Å². The molecule has 1 atom stereocenters. The zero-order valence-electron chi connectivity index (χ0n) is 15.7. The van der Waals surface area contributed by atoms with Gasteiger partial charge in [-0.1, -0.05) is 29.2 Å². The number of hydrogen-bond donors (Lipinski definition) is 4. The second-order valence-corrected chi connectivity index (χ2v) is 9.49. The molecule has 2 aromatic rings. The monoisotopic (exact) mass is 450 g/mol. The Bertz CT molecular complexity index is 970. The summed E-state index contributed by atoms with van der Waals surface area (Å²) in [6.07, 6.45) is 3.33. The topological polar surface area (TPSA) is 157 Å². The molecular formula is C17H19BN4O6S2. The number of benzene rings is 1. The molecule has 2 heterocycles. The number of carbonyl (C=O) groups excluding carboxylic acids is 1. The van der Waals surface area contributed by atoms with Gasteiger partial charge in [-0.15, -0.1) is 10.2 Å². The minimum Gasteiger partial charge on any atom is -0.534 e. The maximum absolute atomic E-state index is 12.0. The van der Waals surface area contributed by atoms with E-state index in [9.17, 15) is 19.7 Å². The number of nitrogens with zero attached hydrogens (tertiary/aromatic N) is 2. The number of amides is 1. The van der Waals surface area contributed by atoms with Crippen molar-refractivity contribution in [2.24, 2.45) is 0 Å². The van der Waals surface area contributed by atoms with Crippen molar-refractivity contribution in [3.05, 3.63) is 23.3 Å². The second kappa shape index (κ2) is 8.70. The standard InChI is InChI=1S/C17H19BN4O6S2/c19-16-21-22-17(30-16)29-11-6-8-4-5-10(13(15(24)25)14(8)28-18(11)26)27-7-12(23)20-9-2-1-3-9/h4-5,9,11,26H,1-3,6-7H2,(H2,19,21)(H,20,23)(H,24,25)/t11-/m0/s1. The van der Waals surface area contributed by atoms with E-state index in [0.29, 0.717) is 21.5 Å². The quantitative estimate of drug-likeness (QED) is 0.448. The van der Waals surface area contributed by atoms with E-state index in [1.54, 1.807) is 6.07 Å². The Kier molecular flexibility index (Phi) is 6.02. The number of thioether (sulfide) groups is 1. The Morgan fingerprint density at radius 1 is 1.40 bits per heavy atom. The third kappa shape index (κ3) is 4.47. The van der Waals surface area contributed by atoms with Crippen molar-refractivity contribution in [3.63, 3.8) is 0 Å². The fourth-order valence-electron chi connectivity index (χ4n) is 3.20. The molecule has 158 valence electrons. The fourth-order valence-corrected chi connectivity index (χ4v) is 5.15. The number of carboxylic acids is 1. The van der Waals surface area contributed by atoms with Crippen LogP contribution >= 0.6 is 23.1 Å². The largest absolute Gasteiger partial charge is 0.537 e. The van der Waals surface area contributed by atoms with Crippen LogP contribution in [0.3, 0.4) is 0 Å². The summed E-state index contributed by atoms with van der Waals surface area (Å²) in [6.45, 7) is -0.297. The predicted octanol–water partition coefficient (Wildman–Crippen LogP) is 0.981. The number of carboxylic acid groups (broad SMARTS) is 1. The van der Waals surface area contributed by atoms with E-state index in [4.69, 9.17) is 15.1 Å². The van der Waals surface area contributed by atoms with Gasteiger partial charge in [0.2, 0.25) is 5.13 Å². The van der Waals surface area contributed by atoms with Crippen LogP contribution in [0.15, 0.2) is 16.5 Å². The molecule has 0 radical (unpaired) electrons. The molecule has 5 N–H and O–H groups in total. The van der Waals surface area contributed by atoms with Gasteiger partial charge in [-0.25, -0.2) is 4.79 Å². The smallest absolute Gasteiger partial charge is 0.534 e. The summed E-state index contributed by atoms with van der Waals surface area (Å²) in [4.78, 5) is 23.9. The number of fused-ring (bicyclic) bond motifs is 1. The van der Waals surface area contributed by atoms with E-state index in [-0.39, 0.29) is 35.6 Å². The first-order chi connectivity index (χ1) is 14.4. The predicted molar refractivity (Wildman–Crippen MR) is 111 cm³/mol. The molecule has 1 amide bonds. The highest BCUT2D eigenvalue weighted by molar-refractivity contribution is 8.02. The van der Waals surface area contributed by atoms with Crippen LogP contribution in [-0.4, -0.2) is 57.1 Å². The highest BCUT2D eigenvalue weighted by atomic mass is 32.2. The zero-order chi connectivity index (χ0) is 21.3. The van der Waals surface area contributed by atoms with Crippen molar-refractivity contribution in [3.8, 4) is 11.5 Å². The number of rotatable bonds is 7. The summed E-state index contributed by atoms with van der Waals surface area (Å²) in [7, 11) is -1.26. The van der Waals surface area contributed by atoms with Gasteiger partial charge in [-0.3, -0.25) is 4.79 Å². The molecule has 1 saturated carbocycles. The maximum Gasteiger partial charge on any atom is 0.537 e. The Morgan fingerprint density at radius 3 is 2.83 bits per heavy atom. The van der Waals surface area contributed by atoms with Crippen molar-refractivity contribution in [2.45, 2.75) is 41.2 Å². The number of nitrogens with one attached hydrogen (secondary N) is 1. The van der Waals surface area contributed by atoms with E-state index in [1.165, 1.54) is 29.2 Å². The first-order valence-electron chi connectivity index (χ1n) is 9.32. The number of aromatic nitrogens is 2. The number of hydrogen-bond acceptors (Lipinski definition) is 10. The lowest BCUT2D eigenvalue weighted by atomic mass is 9.77. The van der Waals surface area contributed by atoms with Crippen molar-refractivity contribution in [1.29, 1.82) is 0 Å². The molecule has 13 heteroatoms. The minimum atomic E-state index is -1.27. The highest BCUT2D eigenvalue weighted by Gasteiger charge is 2.39. The van der Waals surface area contributed by atoms with Gasteiger partial charge in [0, 0.05) is 6.04 Å². The summed E-state index contributed by atoms with van der Waals surface area (Å²) in [6, 6.07) is 3.35. The van der Waals surface area contributed by atoms with Gasteiger partial charge in [-0.2, -0.15) is 0 Å². The normalized spacial score (nSPS) is 18.2. The molecule has 0 unspecified atom stereocenters. The number of nitrogens with two attached hydrogens (primary N) is 1. The fraction of sp³-hybridized carbons (Fsp3) is 0.412. The van der Waals surface area contributed by atoms with Crippen LogP contribution in [0.2, 0.25) is 0 Å². The van der Waals surface area contributed by atoms with Crippen LogP contribution in [0.5, 0.6) is 11.5 Å². The minimum absolute atomic E-state index is 0.0141. The van der Waals surface area contributed by atoms with Gasteiger partial charge < -0.3 is 30.6 Å². The van der Waals surface area contributed by atoms with Gasteiger partial charge in [0.25, 0.3) is 5.91 Å². The first kappa shape index (κ1) is 20.8. The van der Waals surface area contributed by atoms with Gasteiger partial charge in [-0.05, 0) is 37.3 Å². The summed E-state index contributed by atoms with van der Waals surface area (Å²) in [5, 5.41) is 30.5. The van der Waals surface area contributed by atoms with E-state index in [2.05, 4.69) is 15.5 Å². The zero-order valence-corrected chi connectivity index (χ0v) is 17.4. The molecule has 1 aromatic carbocycles. The second-order valence-electron chi connectivity index (χ2n) is 6.99. The molecule has 1 fully saturated rings. The van der Waals surface area contributed by atoms with E-state index >= 15 is 0 Å². The molecular weight excluding hydrogens is 431 g/mol. The van der Waals surface area contributed by atoms with E-state index < -0.39 is 18.2 Å². The molecule has 30 heavy (non-hydrogen) atoms. The molecule has 1 aromatic heterocycles. The van der Waals surface area contributed by atoms with Crippen LogP contribution in [-0.2, 0) is 11.2 Å². The van der Waals surface area contributed by atoms with Crippen LogP contribution in [0.25, 0.3) is 0 Å². The van der Waals surface area contributed by atoms with Gasteiger partial charge in [0.1, 0.15) is 17.1 Å². The Balaban J connectivity index is 1.49. The van der Waals surface area contributed by atoms with E-state index in [1.807, 2.05) is 0 Å². The SMILES string of the molecule is Nc1nnc(S[C@H]2Cc3ccc(OCC(=O)NC4CCC4)c(C(=O)O)c3OB2O)s1. The first-order valence-corrected chi connectivity index (χ1v) is 11.0. The van der Waals surface area contributed by atoms with Crippen molar-refractivity contribution in [2.75, 3.05) is 12.3 Å². The van der Waals surface area contributed by atoms with Crippen LogP contribution in [0.1, 0.15) is 35.2 Å².